The Morgan fingerprint density at radius 3 is 2.75 bits per heavy atom. The smallest absolute Gasteiger partial charge is 0.0408 e. The minimum absolute atomic E-state index is 0.570. The molecule has 1 aromatic rings. The molecule has 2 nitrogen and oxygen atoms in total. The van der Waals surface area contributed by atoms with Crippen molar-refractivity contribution in [2.24, 2.45) is 5.92 Å². The molecule has 0 radical (unpaired) electrons. The van der Waals surface area contributed by atoms with Gasteiger partial charge in [-0.1, -0.05) is 17.7 Å². The number of halogens is 1. The number of rotatable bonds is 4. The molecule has 0 amide bonds. The van der Waals surface area contributed by atoms with Crippen LogP contribution < -0.4 is 5.32 Å². The summed E-state index contributed by atoms with van der Waals surface area (Å²) in [6.45, 7) is 4.57. The maximum Gasteiger partial charge on any atom is 0.0408 e. The predicted octanol–water partition coefficient (Wildman–Crippen LogP) is 3.78. The van der Waals surface area contributed by atoms with Crippen molar-refractivity contribution >= 4 is 11.6 Å². The van der Waals surface area contributed by atoms with Crippen molar-refractivity contribution in [3.05, 3.63) is 34.3 Å². The largest absolute Gasteiger partial charge is 0.319 e. The van der Waals surface area contributed by atoms with E-state index >= 15 is 0 Å². The summed E-state index contributed by atoms with van der Waals surface area (Å²) in [5.41, 5.74) is 2.83. The number of aryl methyl sites for hydroxylation is 1. The zero-order valence-electron chi connectivity index (χ0n) is 12.5. The molecule has 2 unspecified atom stereocenters. The number of nitrogens with zero attached hydrogens (tertiary/aromatic N) is 1. The summed E-state index contributed by atoms with van der Waals surface area (Å²) >= 11 is 6.14. The molecule has 1 heterocycles. The highest BCUT2D eigenvalue weighted by Crippen LogP contribution is 2.43. The van der Waals surface area contributed by atoms with Crippen molar-refractivity contribution in [2.75, 3.05) is 20.1 Å². The fourth-order valence-electron chi connectivity index (χ4n) is 3.80. The average Bonchev–Trinajstić information content (AvgIpc) is 3.24. The van der Waals surface area contributed by atoms with E-state index in [0.29, 0.717) is 12.0 Å². The molecule has 3 rings (SSSR count). The molecule has 1 aromatic carbocycles. The minimum atomic E-state index is 0.570. The Morgan fingerprint density at radius 1 is 1.30 bits per heavy atom. The van der Waals surface area contributed by atoms with Gasteiger partial charge in [0.1, 0.15) is 0 Å². The summed E-state index contributed by atoms with van der Waals surface area (Å²) in [7, 11) is 2.07. The number of benzene rings is 1. The van der Waals surface area contributed by atoms with Crippen LogP contribution in [0.1, 0.15) is 42.9 Å². The van der Waals surface area contributed by atoms with Crippen LogP contribution in [0, 0.1) is 12.8 Å². The van der Waals surface area contributed by atoms with Gasteiger partial charge in [-0.15, -0.1) is 0 Å². The topological polar surface area (TPSA) is 15.3 Å². The lowest BCUT2D eigenvalue weighted by molar-refractivity contribution is 0.0841. The zero-order chi connectivity index (χ0) is 14.1. The fraction of sp³-hybridized carbons (Fsp3) is 0.647. The van der Waals surface area contributed by atoms with Crippen molar-refractivity contribution in [2.45, 2.75) is 44.7 Å². The predicted molar refractivity (Wildman–Crippen MR) is 85.3 cm³/mol. The number of hydrogen-bond donors (Lipinski definition) is 1. The third kappa shape index (κ3) is 2.88. The second-order valence-corrected chi connectivity index (χ2v) is 6.81. The van der Waals surface area contributed by atoms with Gasteiger partial charge in [-0.3, -0.25) is 4.90 Å². The first-order valence-electron chi connectivity index (χ1n) is 7.87. The molecular weight excluding hydrogens is 268 g/mol. The Hall–Kier alpha value is -0.570. The Balaban J connectivity index is 1.93. The molecule has 2 atom stereocenters. The molecule has 1 N–H and O–H groups in total. The van der Waals surface area contributed by atoms with Gasteiger partial charge in [0.05, 0.1) is 0 Å². The molecule has 1 saturated carbocycles. The number of nitrogens with one attached hydrogen (secondary N) is 1. The van der Waals surface area contributed by atoms with Gasteiger partial charge in [0, 0.05) is 17.1 Å². The second-order valence-electron chi connectivity index (χ2n) is 6.37. The first kappa shape index (κ1) is 14.4. The third-order valence-electron chi connectivity index (χ3n) is 4.83. The fourth-order valence-corrected chi connectivity index (χ4v) is 4.03. The maximum atomic E-state index is 6.14. The molecule has 2 fully saturated rings. The lowest BCUT2D eigenvalue weighted by Crippen LogP contribution is -2.43. The van der Waals surface area contributed by atoms with Crippen LogP contribution in [-0.2, 0) is 0 Å². The molecule has 20 heavy (non-hydrogen) atoms. The monoisotopic (exact) mass is 292 g/mol. The van der Waals surface area contributed by atoms with E-state index in [0.717, 1.165) is 17.6 Å². The molecule has 0 spiro atoms. The zero-order valence-corrected chi connectivity index (χ0v) is 13.3. The van der Waals surface area contributed by atoms with Crippen LogP contribution >= 0.6 is 11.6 Å². The van der Waals surface area contributed by atoms with Crippen LogP contribution in [0.4, 0.5) is 0 Å². The minimum Gasteiger partial charge on any atom is -0.319 e. The molecule has 1 saturated heterocycles. The summed E-state index contributed by atoms with van der Waals surface area (Å²) < 4.78 is 0. The molecule has 0 aromatic heterocycles. The highest BCUT2D eigenvalue weighted by atomic mass is 35.5. The van der Waals surface area contributed by atoms with Crippen molar-refractivity contribution in [3.63, 3.8) is 0 Å². The molecule has 110 valence electrons. The van der Waals surface area contributed by atoms with Crippen molar-refractivity contribution in [1.29, 1.82) is 0 Å². The van der Waals surface area contributed by atoms with E-state index in [9.17, 15) is 0 Å². The van der Waals surface area contributed by atoms with Gasteiger partial charge in [-0.2, -0.15) is 0 Å². The van der Waals surface area contributed by atoms with Crippen molar-refractivity contribution in [1.82, 2.24) is 10.2 Å². The summed E-state index contributed by atoms with van der Waals surface area (Å²) in [6.07, 6.45) is 5.44. The summed E-state index contributed by atoms with van der Waals surface area (Å²) in [6, 6.07) is 7.83. The van der Waals surface area contributed by atoms with Gasteiger partial charge < -0.3 is 5.32 Å². The van der Waals surface area contributed by atoms with Crippen LogP contribution in [-0.4, -0.2) is 31.1 Å². The lowest BCUT2D eigenvalue weighted by Gasteiger charge is -2.42. The molecule has 1 aliphatic carbocycles. The van der Waals surface area contributed by atoms with Gasteiger partial charge >= 0.3 is 0 Å². The Bertz CT molecular complexity index is 468. The van der Waals surface area contributed by atoms with Crippen molar-refractivity contribution < 1.29 is 0 Å². The Labute approximate surface area is 127 Å². The van der Waals surface area contributed by atoms with Crippen LogP contribution in [0.3, 0.4) is 0 Å². The highest BCUT2D eigenvalue weighted by molar-refractivity contribution is 6.30. The normalized spacial score (nSPS) is 27.8. The van der Waals surface area contributed by atoms with E-state index in [1.54, 1.807) is 0 Å². The van der Waals surface area contributed by atoms with Crippen molar-refractivity contribution in [3.8, 4) is 0 Å². The average molecular weight is 293 g/mol. The van der Waals surface area contributed by atoms with Gasteiger partial charge in [0.15, 0.2) is 0 Å². The standard InChI is InChI=1S/C17H25ClN2/c1-12-10-14(18)5-8-16(12)17-13(11-19-2)4-3-9-20(17)15-6-7-15/h5,8,10,13,15,17,19H,3-4,6-7,9,11H2,1-2H3. The van der Waals surface area contributed by atoms with Gasteiger partial charge in [-0.05, 0) is 81.9 Å². The molecule has 2 aliphatic rings. The number of piperidine rings is 1. The van der Waals surface area contributed by atoms with Gasteiger partial charge in [0.2, 0.25) is 0 Å². The molecule has 1 aliphatic heterocycles. The third-order valence-corrected chi connectivity index (χ3v) is 5.06. The van der Waals surface area contributed by atoms with Crippen LogP contribution in [0.15, 0.2) is 18.2 Å². The van der Waals surface area contributed by atoms with E-state index in [4.69, 9.17) is 11.6 Å². The van der Waals surface area contributed by atoms with E-state index in [-0.39, 0.29) is 0 Å². The number of likely N-dealkylation sites (tertiary alicyclic amines) is 1. The number of hydrogen-bond acceptors (Lipinski definition) is 2. The summed E-state index contributed by atoms with van der Waals surface area (Å²) in [5, 5.41) is 4.25. The first-order valence-corrected chi connectivity index (χ1v) is 8.25. The molecule has 0 bridgehead atoms. The van der Waals surface area contributed by atoms with Gasteiger partial charge in [-0.25, -0.2) is 0 Å². The Kier molecular flexibility index (Phi) is 4.34. The lowest BCUT2D eigenvalue weighted by atomic mass is 9.82. The van der Waals surface area contributed by atoms with Crippen LogP contribution in [0.2, 0.25) is 5.02 Å². The van der Waals surface area contributed by atoms with E-state index in [1.807, 2.05) is 0 Å². The Morgan fingerprint density at radius 2 is 2.10 bits per heavy atom. The van der Waals surface area contributed by atoms with E-state index in [2.05, 4.69) is 42.4 Å². The summed E-state index contributed by atoms with van der Waals surface area (Å²) in [5.74, 6) is 0.717. The quantitative estimate of drug-likeness (QED) is 0.908. The second kappa shape index (κ2) is 6.05. The van der Waals surface area contributed by atoms with Gasteiger partial charge in [0.25, 0.3) is 0 Å². The SMILES string of the molecule is CNCC1CCCN(C2CC2)C1c1ccc(Cl)cc1C. The molecular formula is C17H25ClN2. The van der Waals surface area contributed by atoms with Crippen LogP contribution in [0.5, 0.6) is 0 Å². The molecule has 3 heteroatoms. The highest BCUT2D eigenvalue weighted by Gasteiger charge is 2.40. The maximum absolute atomic E-state index is 6.14. The van der Waals surface area contributed by atoms with E-state index in [1.165, 1.54) is 43.4 Å². The van der Waals surface area contributed by atoms with Crippen LogP contribution in [0.25, 0.3) is 0 Å². The van der Waals surface area contributed by atoms with E-state index < -0.39 is 0 Å². The first-order chi connectivity index (χ1) is 9.70. The summed E-state index contributed by atoms with van der Waals surface area (Å²) in [4.78, 5) is 2.77.